The van der Waals surface area contributed by atoms with Gasteiger partial charge in [0, 0.05) is 18.7 Å². The van der Waals surface area contributed by atoms with Gasteiger partial charge in [-0.2, -0.15) is 0 Å². The van der Waals surface area contributed by atoms with E-state index in [0.29, 0.717) is 17.5 Å². The molecular formula is C14H17N5O4S. The van der Waals surface area contributed by atoms with Gasteiger partial charge in [0.25, 0.3) is 5.69 Å². The van der Waals surface area contributed by atoms with Crippen LogP contribution in [0.2, 0.25) is 0 Å². The molecule has 24 heavy (non-hydrogen) atoms. The minimum absolute atomic E-state index is 0.128. The van der Waals surface area contributed by atoms with E-state index in [1.165, 1.54) is 37.1 Å². The van der Waals surface area contributed by atoms with Crippen molar-refractivity contribution in [2.45, 2.75) is 30.8 Å². The first-order valence-corrected chi connectivity index (χ1v) is 8.02. The van der Waals surface area contributed by atoms with Gasteiger partial charge in [0.15, 0.2) is 5.16 Å². The molecule has 1 N–H and O–H groups in total. The fourth-order valence-electron chi connectivity index (χ4n) is 1.91. The molecule has 2 rings (SSSR count). The molecule has 1 atom stereocenters. The van der Waals surface area contributed by atoms with Crippen molar-refractivity contribution < 1.29 is 14.5 Å². The fraction of sp³-hybridized carbons (Fsp3) is 0.357. The minimum atomic E-state index is -0.531. The lowest BCUT2D eigenvalue weighted by Crippen LogP contribution is -2.23. The average molecular weight is 351 g/mol. The molecule has 0 aliphatic carbocycles. The number of aryl methyl sites for hydroxylation is 1. The smallest absolute Gasteiger partial charge is 0.271 e. The molecule has 9 nitrogen and oxygen atoms in total. The van der Waals surface area contributed by atoms with E-state index in [1.807, 2.05) is 11.5 Å². The summed E-state index contributed by atoms with van der Waals surface area (Å²) in [5, 5.41) is 21.5. The second kappa shape index (κ2) is 7.77. The molecule has 1 heterocycles. The summed E-state index contributed by atoms with van der Waals surface area (Å²) < 4.78 is 6.95. The van der Waals surface area contributed by atoms with Gasteiger partial charge in [-0.3, -0.25) is 14.9 Å². The van der Waals surface area contributed by atoms with Gasteiger partial charge in [-0.05, 0) is 19.9 Å². The van der Waals surface area contributed by atoms with Crippen molar-refractivity contribution in [1.82, 2.24) is 14.8 Å². The molecule has 0 spiro atoms. The molecule has 1 amide bonds. The number of ether oxygens (including phenoxy) is 1. The van der Waals surface area contributed by atoms with Crippen LogP contribution in [0, 0.1) is 10.1 Å². The zero-order valence-electron chi connectivity index (χ0n) is 13.4. The second-order valence-corrected chi connectivity index (χ2v) is 6.10. The summed E-state index contributed by atoms with van der Waals surface area (Å²) in [4.78, 5) is 22.7. The molecule has 0 bridgehead atoms. The number of nitrogens with one attached hydrogen (secondary N) is 1. The Balaban J connectivity index is 2.13. The standard InChI is InChI=1S/C14H17N5O4S/c1-4-18-8-15-17-14(18)24-9(2)13(20)16-11-7-10(19(21)22)5-6-12(11)23-3/h5-9H,4H2,1-3H3,(H,16,20)/t9-/m0/s1. The number of thioether (sulfide) groups is 1. The molecule has 2 aromatic rings. The van der Waals surface area contributed by atoms with Gasteiger partial charge in [0.1, 0.15) is 12.1 Å². The summed E-state index contributed by atoms with van der Waals surface area (Å²) in [6.07, 6.45) is 1.59. The van der Waals surface area contributed by atoms with E-state index in [2.05, 4.69) is 15.5 Å². The van der Waals surface area contributed by atoms with Crippen LogP contribution in [-0.2, 0) is 11.3 Å². The molecule has 128 valence electrons. The number of rotatable bonds is 7. The molecule has 0 aliphatic heterocycles. The normalized spacial score (nSPS) is 11.8. The monoisotopic (exact) mass is 351 g/mol. The lowest BCUT2D eigenvalue weighted by Gasteiger charge is -2.14. The highest BCUT2D eigenvalue weighted by Gasteiger charge is 2.20. The molecule has 0 saturated carbocycles. The zero-order chi connectivity index (χ0) is 17.7. The Morgan fingerprint density at radius 2 is 2.29 bits per heavy atom. The topological polar surface area (TPSA) is 112 Å². The Morgan fingerprint density at radius 3 is 2.92 bits per heavy atom. The molecule has 0 aliphatic rings. The number of nitro benzene ring substituents is 1. The number of benzene rings is 1. The number of nitrogens with zero attached hydrogens (tertiary/aromatic N) is 4. The summed E-state index contributed by atoms with van der Waals surface area (Å²) >= 11 is 1.26. The SMILES string of the molecule is CCn1cnnc1S[C@@H](C)C(=O)Nc1cc([N+](=O)[O-])ccc1OC. The van der Waals surface area contributed by atoms with E-state index in [-0.39, 0.29) is 17.3 Å². The quantitative estimate of drug-likeness (QED) is 0.463. The van der Waals surface area contributed by atoms with Gasteiger partial charge in [0.2, 0.25) is 5.91 Å². The van der Waals surface area contributed by atoms with Gasteiger partial charge in [-0.15, -0.1) is 10.2 Å². The molecular weight excluding hydrogens is 334 g/mol. The average Bonchev–Trinajstić information content (AvgIpc) is 3.01. The number of anilines is 1. The highest BCUT2D eigenvalue weighted by atomic mass is 32.2. The number of carbonyl (C=O) groups is 1. The molecule has 1 aromatic carbocycles. The van der Waals surface area contributed by atoms with Crippen LogP contribution < -0.4 is 10.1 Å². The Morgan fingerprint density at radius 1 is 1.54 bits per heavy atom. The van der Waals surface area contributed by atoms with Crippen molar-refractivity contribution in [1.29, 1.82) is 0 Å². The van der Waals surface area contributed by atoms with E-state index in [4.69, 9.17) is 4.74 Å². The number of hydrogen-bond acceptors (Lipinski definition) is 7. The van der Waals surface area contributed by atoms with E-state index in [1.54, 1.807) is 13.3 Å². The van der Waals surface area contributed by atoms with Crippen molar-refractivity contribution >= 4 is 29.0 Å². The van der Waals surface area contributed by atoms with Crippen molar-refractivity contribution in [3.63, 3.8) is 0 Å². The highest BCUT2D eigenvalue weighted by Crippen LogP contribution is 2.30. The predicted molar refractivity (Wildman–Crippen MR) is 89.3 cm³/mol. The number of aromatic nitrogens is 3. The van der Waals surface area contributed by atoms with E-state index in [0.717, 1.165) is 0 Å². The summed E-state index contributed by atoms with van der Waals surface area (Å²) in [6.45, 7) is 4.37. The molecule has 0 radical (unpaired) electrons. The second-order valence-electron chi connectivity index (χ2n) is 4.79. The third-order valence-electron chi connectivity index (χ3n) is 3.22. The lowest BCUT2D eigenvalue weighted by molar-refractivity contribution is -0.384. The number of hydrogen-bond donors (Lipinski definition) is 1. The Labute approximate surface area is 142 Å². The number of nitro groups is 1. The predicted octanol–water partition coefficient (Wildman–Crippen LogP) is 2.33. The Kier molecular flexibility index (Phi) is 5.74. The van der Waals surface area contributed by atoms with Gasteiger partial charge >= 0.3 is 0 Å². The summed E-state index contributed by atoms with van der Waals surface area (Å²) in [7, 11) is 1.43. The summed E-state index contributed by atoms with van der Waals surface area (Å²) in [6, 6.07) is 4.03. The van der Waals surface area contributed by atoms with Crippen LogP contribution in [0.5, 0.6) is 5.75 Å². The van der Waals surface area contributed by atoms with Crippen molar-refractivity contribution in [2.24, 2.45) is 0 Å². The summed E-state index contributed by atoms with van der Waals surface area (Å²) in [5.41, 5.74) is 0.123. The molecule has 10 heteroatoms. The fourth-order valence-corrected chi connectivity index (χ4v) is 2.79. The van der Waals surface area contributed by atoms with Crippen LogP contribution in [0.15, 0.2) is 29.7 Å². The third-order valence-corrected chi connectivity index (χ3v) is 4.32. The first-order valence-electron chi connectivity index (χ1n) is 7.14. The van der Waals surface area contributed by atoms with Gasteiger partial charge < -0.3 is 14.6 Å². The van der Waals surface area contributed by atoms with E-state index >= 15 is 0 Å². The maximum absolute atomic E-state index is 12.4. The van der Waals surface area contributed by atoms with Gasteiger partial charge in [-0.1, -0.05) is 11.8 Å². The van der Waals surface area contributed by atoms with Crippen LogP contribution in [0.4, 0.5) is 11.4 Å². The molecule has 1 aromatic heterocycles. The minimum Gasteiger partial charge on any atom is -0.495 e. The zero-order valence-corrected chi connectivity index (χ0v) is 14.2. The van der Waals surface area contributed by atoms with Crippen molar-refractivity contribution in [3.8, 4) is 5.75 Å². The number of methoxy groups -OCH3 is 1. The van der Waals surface area contributed by atoms with Crippen molar-refractivity contribution in [3.05, 3.63) is 34.6 Å². The van der Waals surface area contributed by atoms with Gasteiger partial charge in [-0.25, -0.2) is 0 Å². The maximum Gasteiger partial charge on any atom is 0.271 e. The maximum atomic E-state index is 12.4. The molecule has 0 saturated heterocycles. The van der Waals surface area contributed by atoms with Crippen LogP contribution in [0.25, 0.3) is 0 Å². The van der Waals surface area contributed by atoms with Gasteiger partial charge in [0.05, 0.1) is 23.0 Å². The van der Waals surface area contributed by atoms with Crippen LogP contribution in [0.3, 0.4) is 0 Å². The largest absolute Gasteiger partial charge is 0.495 e. The first-order chi connectivity index (χ1) is 11.5. The highest BCUT2D eigenvalue weighted by molar-refractivity contribution is 8.00. The Hall–Kier alpha value is -2.62. The molecule has 0 unspecified atom stereocenters. The van der Waals surface area contributed by atoms with Crippen LogP contribution >= 0.6 is 11.8 Å². The van der Waals surface area contributed by atoms with Crippen molar-refractivity contribution in [2.75, 3.05) is 12.4 Å². The third kappa shape index (κ3) is 4.02. The number of amides is 1. The first kappa shape index (κ1) is 17.7. The number of carbonyl (C=O) groups excluding carboxylic acids is 1. The van der Waals surface area contributed by atoms with Crippen LogP contribution in [-0.4, -0.2) is 38.0 Å². The molecule has 0 fully saturated rings. The summed E-state index contributed by atoms with van der Waals surface area (Å²) in [5.74, 6) is 0.0346. The van der Waals surface area contributed by atoms with E-state index in [9.17, 15) is 14.9 Å². The lowest BCUT2D eigenvalue weighted by atomic mass is 10.2. The number of non-ortho nitro benzene ring substituents is 1. The van der Waals surface area contributed by atoms with Crippen LogP contribution in [0.1, 0.15) is 13.8 Å². The Bertz CT molecular complexity index is 749. The van der Waals surface area contributed by atoms with E-state index < -0.39 is 10.2 Å².